The van der Waals surface area contributed by atoms with Gasteiger partial charge in [-0.15, -0.1) is 0 Å². The molecule has 0 atom stereocenters. The molecule has 1 aromatic carbocycles. The van der Waals surface area contributed by atoms with Crippen LogP contribution in [0.25, 0.3) is 16.7 Å². The topological polar surface area (TPSA) is 62.5 Å². The highest BCUT2D eigenvalue weighted by Crippen LogP contribution is 2.25. The lowest BCUT2D eigenvalue weighted by atomic mass is 10.2. The van der Waals surface area contributed by atoms with Crippen LogP contribution < -0.4 is 4.90 Å². The lowest BCUT2D eigenvalue weighted by molar-refractivity contribution is 0.312. The van der Waals surface area contributed by atoms with Crippen molar-refractivity contribution in [3.8, 4) is 0 Å². The van der Waals surface area contributed by atoms with Gasteiger partial charge in [-0.3, -0.25) is 0 Å². The van der Waals surface area contributed by atoms with Crippen LogP contribution in [0.2, 0.25) is 0 Å². The zero-order valence-corrected chi connectivity index (χ0v) is 11.3. The predicted octanol–water partition coefficient (Wildman–Crippen LogP) is 0.424. The first-order valence-corrected chi connectivity index (χ1v) is 6.73. The zero-order valence-electron chi connectivity index (χ0n) is 11.3. The monoisotopic (exact) mass is 269 g/mol. The van der Waals surface area contributed by atoms with E-state index in [1.165, 1.54) is 0 Å². The van der Waals surface area contributed by atoms with Gasteiger partial charge in [-0.25, -0.2) is 0 Å². The second-order valence-corrected chi connectivity index (χ2v) is 5.13. The maximum Gasteiger partial charge on any atom is 0.275 e. The molecule has 0 bridgehead atoms. The summed E-state index contributed by atoms with van der Waals surface area (Å²) < 4.78 is 1.69. The summed E-state index contributed by atoms with van der Waals surface area (Å²) in [5, 5.41) is 12.8. The molecule has 3 heterocycles. The van der Waals surface area contributed by atoms with Crippen molar-refractivity contribution in [2.24, 2.45) is 0 Å². The van der Waals surface area contributed by atoms with Crippen LogP contribution in [-0.2, 0) is 0 Å². The highest BCUT2D eigenvalue weighted by molar-refractivity contribution is 5.91. The SMILES string of the molecule is CN1CCN(c2nc3nnnn3c3ccccc23)CC1. The number of rotatable bonds is 1. The number of nitrogens with zero attached hydrogens (tertiary/aromatic N) is 7. The minimum atomic E-state index is 0.553. The van der Waals surface area contributed by atoms with E-state index in [2.05, 4.69) is 43.4 Å². The molecule has 0 unspecified atom stereocenters. The van der Waals surface area contributed by atoms with Crippen molar-refractivity contribution in [1.82, 2.24) is 29.9 Å². The van der Waals surface area contributed by atoms with Crippen molar-refractivity contribution < 1.29 is 0 Å². The first-order valence-electron chi connectivity index (χ1n) is 6.73. The number of benzene rings is 1. The molecule has 1 aliphatic rings. The summed E-state index contributed by atoms with van der Waals surface area (Å²) >= 11 is 0. The summed E-state index contributed by atoms with van der Waals surface area (Å²) in [7, 11) is 2.15. The summed E-state index contributed by atoms with van der Waals surface area (Å²) in [4.78, 5) is 9.29. The quantitative estimate of drug-likeness (QED) is 0.638. The Labute approximate surface area is 115 Å². The van der Waals surface area contributed by atoms with E-state index in [-0.39, 0.29) is 0 Å². The Morgan fingerprint density at radius 2 is 1.85 bits per heavy atom. The van der Waals surface area contributed by atoms with Gasteiger partial charge in [0.05, 0.1) is 5.52 Å². The first kappa shape index (κ1) is 11.5. The molecule has 7 heteroatoms. The van der Waals surface area contributed by atoms with E-state index in [0.29, 0.717) is 5.78 Å². The molecule has 20 heavy (non-hydrogen) atoms. The average Bonchev–Trinajstić information content (AvgIpc) is 2.96. The van der Waals surface area contributed by atoms with Gasteiger partial charge >= 0.3 is 0 Å². The fourth-order valence-corrected chi connectivity index (χ4v) is 2.67. The fraction of sp³-hybridized carbons (Fsp3) is 0.385. The Balaban J connectivity index is 1.92. The molecule has 7 nitrogen and oxygen atoms in total. The third kappa shape index (κ3) is 1.70. The van der Waals surface area contributed by atoms with E-state index < -0.39 is 0 Å². The molecular weight excluding hydrogens is 254 g/mol. The van der Waals surface area contributed by atoms with Crippen molar-refractivity contribution in [2.45, 2.75) is 0 Å². The standard InChI is InChI=1S/C13H15N7/c1-18-6-8-19(9-7-18)12-10-4-2-3-5-11(10)20-13(14-12)15-16-17-20/h2-5H,6-9H2,1H3. The largest absolute Gasteiger partial charge is 0.353 e. The first-order chi connectivity index (χ1) is 9.83. The molecule has 2 aromatic heterocycles. The average molecular weight is 269 g/mol. The van der Waals surface area contributed by atoms with Crippen LogP contribution in [0.4, 0.5) is 5.82 Å². The van der Waals surface area contributed by atoms with Crippen LogP contribution in [0.3, 0.4) is 0 Å². The lowest BCUT2D eigenvalue weighted by Crippen LogP contribution is -2.45. The normalized spacial score (nSPS) is 17.1. The van der Waals surface area contributed by atoms with Crippen LogP contribution in [0.15, 0.2) is 24.3 Å². The minimum Gasteiger partial charge on any atom is -0.353 e. The number of hydrogen-bond donors (Lipinski definition) is 0. The lowest BCUT2D eigenvalue weighted by Gasteiger charge is -2.33. The van der Waals surface area contributed by atoms with E-state index >= 15 is 0 Å². The highest BCUT2D eigenvalue weighted by atomic mass is 15.5. The van der Waals surface area contributed by atoms with Gasteiger partial charge in [0.1, 0.15) is 5.82 Å². The molecule has 0 amide bonds. The van der Waals surface area contributed by atoms with Crippen molar-refractivity contribution in [1.29, 1.82) is 0 Å². The van der Waals surface area contributed by atoms with Crippen molar-refractivity contribution in [3.63, 3.8) is 0 Å². The van der Waals surface area contributed by atoms with Gasteiger partial charge in [-0.2, -0.15) is 9.50 Å². The third-order valence-corrected chi connectivity index (χ3v) is 3.83. The van der Waals surface area contributed by atoms with Crippen LogP contribution >= 0.6 is 0 Å². The molecule has 3 aromatic rings. The van der Waals surface area contributed by atoms with Crippen LogP contribution in [0.1, 0.15) is 0 Å². The van der Waals surface area contributed by atoms with Gasteiger partial charge in [0, 0.05) is 31.6 Å². The molecule has 0 saturated carbocycles. The number of fused-ring (bicyclic) bond motifs is 3. The Morgan fingerprint density at radius 1 is 1.05 bits per heavy atom. The molecule has 1 saturated heterocycles. The van der Waals surface area contributed by atoms with Crippen LogP contribution in [0.5, 0.6) is 0 Å². The van der Waals surface area contributed by atoms with Gasteiger partial charge in [-0.05, 0) is 29.6 Å². The third-order valence-electron chi connectivity index (χ3n) is 3.83. The van der Waals surface area contributed by atoms with Crippen LogP contribution in [-0.4, -0.2) is 63.2 Å². The predicted molar refractivity (Wildman–Crippen MR) is 75.8 cm³/mol. The van der Waals surface area contributed by atoms with Gasteiger partial charge in [-0.1, -0.05) is 17.2 Å². The molecule has 1 aliphatic heterocycles. The fourth-order valence-electron chi connectivity index (χ4n) is 2.67. The second kappa shape index (κ2) is 4.38. The van der Waals surface area contributed by atoms with E-state index in [9.17, 15) is 0 Å². The van der Waals surface area contributed by atoms with E-state index in [1.54, 1.807) is 4.52 Å². The molecule has 0 N–H and O–H groups in total. The maximum atomic E-state index is 4.65. The van der Waals surface area contributed by atoms with E-state index in [4.69, 9.17) is 0 Å². The summed E-state index contributed by atoms with van der Waals surface area (Å²) in [6.45, 7) is 4.05. The number of tetrazole rings is 1. The van der Waals surface area contributed by atoms with Gasteiger partial charge in [0.15, 0.2) is 0 Å². The number of hydrogen-bond acceptors (Lipinski definition) is 6. The zero-order chi connectivity index (χ0) is 13.5. The van der Waals surface area contributed by atoms with Gasteiger partial charge < -0.3 is 9.80 Å². The molecule has 1 fully saturated rings. The van der Waals surface area contributed by atoms with Crippen molar-refractivity contribution in [3.05, 3.63) is 24.3 Å². The van der Waals surface area contributed by atoms with Gasteiger partial charge in [0.2, 0.25) is 0 Å². The number of aromatic nitrogens is 5. The van der Waals surface area contributed by atoms with E-state index in [1.807, 2.05) is 18.2 Å². The van der Waals surface area contributed by atoms with Crippen molar-refractivity contribution in [2.75, 3.05) is 38.1 Å². The summed E-state index contributed by atoms with van der Waals surface area (Å²) in [6.07, 6.45) is 0. The number of piperazine rings is 1. The summed E-state index contributed by atoms with van der Waals surface area (Å²) in [5.41, 5.74) is 0.997. The van der Waals surface area contributed by atoms with E-state index in [0.717, 1.165) is 42.9 Å². The molecule has 0 radical (unpaired) electrons. The molecule has 0 spiro atoms. The second-order valence-electron chi connectivity index (χ2n) is 5.13. The molecule has 0 aliphatic carbocycles. The molecule has 102 valence electrons. The Bertz CT molecular complexity index is 758. The maximum absolute atomic E-state index is 4.65. The molecule has 4 rings (SSSR count). The van der Waals surface area contributed by atoms with Crippen LogP contribution in [0, 0.1) is 0 Å². The van der Waals surface area contributed by atoms with Gasteiger partial charge in [0.25, 0.3) is 5.78 Å². The number of anilines is 1. The minimum absolute atomic E-state index is 0.553. The summed E-state index contributed by atoms with van der Waals surface area (Å²) in [6, 6.07) is 8.13. The Kier molecular flexibility index (Phi) is 2.53. The Morgan fingerprint density at radius 3 is 2.70 bits per heavy atom. The Hall–Kier alpha value is -2.28. The number of likely N-dealkylation sites (N-methyl/N-ethyl adjacent to an activating group) is 1. The smallest absolute Gasteiger partial charge is 0.275 e. The number of para-hydroxylation sites is 1. The highest BCUT2D eigenvalue weighted by Gasteiger charge is 2.19. The van der Waals surface area contributed by atoms with Crippen molar-refractivity contribution >= 4 is 22.5 Å². The molecular formula is C13H15N7. The summed E-state index contributed by atoms with van der Waals surface area (Å²) in [5.74, 6) is 1.54.